The van der Waals surface area contributed by atoms with Crippen LogP contribution in [0, 0.1) is 0 Å². The molecule has 2 heterocycles. The molecule has 5 heteroatoms. The maximum absolute atomic E-state index is 13.0. The lowest BCUT2D eigenvalue weighted by atomic mass is 9.95. The zero-order chi connectivity index (χ0) is 17.2. The van der Waals surface area contributed by atoms with Gasteiger partial charge < -0.3 is 10.6 Å². The number of benzene rings is 2. The highest BCUT2D eigenvalue weighted by molar-refractivity contribution is 5.93. The summed E-state index contributed by atoms with van der Waals surface area (Å²) in [5, 5.41) is 0. The Hall–Kier alpha value is -2.92. The summed E-state index contributed by atoms with van der Waals surface area (Å²) in [7, 11) is 0. The Labute approximate surface area is 146 Å². The summed E-state index contributed by atoms with van der Waals surface area (Å²) in [6.45, 7) is 1.18. The molecule has 5 nitrogen and oxygen atoms in total. The Balaban J connectivity index is 1.58. The van der Waals surface area contributed by atoms with Gasteiger partial charge in [-0.2, -0.15) is 0 Å². The van der Waals surface area contributed by atoms with Crippen LogP contribution >= 0.6 is 0 Å². The third-order valence-electron chi connectivity index (χ3n) is 4.77. The summed E-state index contributed by atoms with van der Waals surface area (Å²) in [5.41, 5.74) is 8.99. The summed E-state index contributed by atoms with van der Waals surface area (Å²) < 4.78 is 1.82. The van der Waals surface area contributed by atoms with E-state index in [1.807, 2.05) is 58.0 Å². The zero-order valence-corrected chi connectivity index (χ0v) is 13.8. The average molecular weight is 332 g/mol. The Morgan fingerprint density at radius 3 is 2.40 bits per heavy atom. The van der Waals surface area contributed by atoms with Gasteiger partial charge in [0.1, 0.15) is 5.69 Å². The number of imidazole rings is 1. The number of amides is 1. The highest BCUT2D eigenvalue weighted by atomic mass is 16.2. The van der Waals surface area contributed by atoms with E-state index in [1.165, 1.54) is 5.56 Å². The largest absolute Gasteiger partial charge is 0.335 e. The molecule has 25 heavy (non-hydrogen) atoms. The Kier molecular flexibility index (Phi) is 4.07. The number of likely N-dealkylation sites (tertiary alicyclic amines) is 1. The highest BCUT2D eigenvalue weighted by Gasteiger charge is 2.35. The number of nitrogens with zero attached hydrogens (tertiary/aromatic N) is 3. The second-order valence-electron chi connectivity index (χ2n) is 6.38. The molecule has 0 bridgehead atoms. The van der Waals surface area contributed by atoms with Crippen LogP contribution in [0.3, 0.4) is 0 Å². The van der Waals surface area contributed by atoms with Gasteiger partial charge in [-0.25, -0.2) is 4.98 Å². The second-order valence-corrected chi connectivity index (χ2v) is 6.38. The fraction of sp³-hybridized carbons (Fsp3) is 0.200. The number of para-hydroxylation sites is 1. The van der Waals surface area contributed by atoms with Crippen molar-refractivity contribution < 1.29 is 4.79 Å². The molecule has 1 aliphatic heterocycles. The van der Waals surface area contributed by atoms with Gasteiger partial charge in [-0.15, -0.1) is 0 Å². The van der Waals surface area contributed by atoms with Gasteiger partial charge in [0, 0.05) is 30.7 Å². The van der Waals surface area contributed by atoms with E-state index in [9.17, 15) is 4.79 Å². The van der Waals surface area contributed by atoms with Gasteiger partial charge in [0.25, 0.3) is 5.91 Å². The SMILES string of the molecule is N[C@@H]1CN(C(=O)c2cncn2-c2ccccc2)C[C@H]1c1ccccc1. The molecule has 4 rings (SSSR count). The van der Waals surface area contributed by atoms with Crippen LogP contribution in [0.4, 0.5) is 0 Å². The molecule has 1 fully saturated rings. The van der Waals surface area contributed by atoms with E-state index in [0.717, 1.165) is 5.69 Å². The Morgan fingerprint density at radius 2 is 1.68 bits per heavy atom. The minimum atomic E-state index is -0.0561. The smallest absolute Gasteiger partial charge is 0.272 e. The molecule has 1 amide bonds. The predicted octanol–water partition coefficient (Wildman–Crippen LogP) is 2.44. The van der Waals surface area contributed by atoms with E-state index < -0.39 is 0 Å². The van der Waals surface area contributed by atoms with E-state index in [4.69, 9.17) is 5.73 Å². The summed E-state index contributed by atoms with van der Waals surface area (Å²) in [6.07, 6.45) is 3.30. The lowest BCUT2D eigenvalue weighted by molar-refractivity contribution is 0.0781. The molecule has 2 N–H and O–H groups in total. The molecule has 0 saturated carbocycles. The third kappa shape index (κ3) is 2.94. The Morgan fingerprint density at radius 1 is 1.00 bits per heavy atom. The van der Waals surface area contributed by atoms with E-state index in [2.05, 4.69) is 17.1 Å². The molecule has 0 aliphatic carbocycles. The summed E-state index contributed by atoms with van der Waals surface area (Å²) >= 11 is 0. The first-order valence-corrected chi connectivity index (χ1v) is 8.41. The maximum atomic E-state index is 13.0. The maximum Gasteiger partial charge on any atom is 0.272 e. The highest BCUT2D eigenvalue weighted by Crippen LogP contribution is 2.27. The van der Waals surface area contributed by atoms with Gasteiger partial charge in [-0.1, -0.05) is 48.5 Å². The first-order valence-electron chi connectivity index (χ1n) is 8.41. The molecule has 0 unspecified atom stereocenters. The molecule has 126 valence electrons. The van der Waals surface area contributed by atoms with E-state index in [-0.39, 0.29) is 17.9 Å². The minimum absolute atomic E-state index is 0.0322. The van der Waals surface area contributed by atoms with Crippen LogP contribution < -0.4 is 5.73 Å². The third-order valence-corrected chi connectivity index (χ3v) is 4.77. The van der Waals surface area contributed by atoms with Crippen molar-refractivity contribution in [2.24, 2.45) is 5.73 Å². The van der Waals surface area contributed by atoms with Crippen LogP contribution in [0.25, 0.3) is 5.69 Å². The van der Waals surface area contributed by atoms with Crippen LogP contribution in [0.1, 0.15) is 22.0 Å². The molecule has 2 atom stereocenters. The number of carbonyl (C=O) groups is 1. The van der Waals surface area contributed by atoms with Crippen LogP contribution in [0.5, 0.6) is 0 Å². The Bertz CT molecular complexity index is 860. The van der Waals surface area contributed by atoms with Crippen molar-refractivity contribution in [3.8, 4) is 5.69 Å². The van der Waals surface area contributed by atoms with E-state index in [0.29, 0.717) is 18.8 Å². The molecule has 1 aliphatic rings. The summed E-state index contributed by atoms with van der Waals surface area (Å²) in [4.78, 5) is 19.0. The number of carbonyl (C=O) groups excluding carboxylic acids is 1. The second kappa shape index (κ2) is 6.53. The molecular formula is C20H20N4O. The van der Waals surface area contributed by atoms with Crippen molar-refractivity contribution in [2.75, 3.05) is 13.1 Å². The number of hydrogen-bond acceptors (Lipinski definition) is 3. The van der Waals surface area contributed by atoms with Gasteiger partial charge in [0.15, 0.2) is 0 Å². The predicted molar refractivity (Wildman–Crippen MR) is 96.6 cm³/mol. The quantitative estimate of drug-likeness (QED) is 0.801. The van der Waals surface area contributed by atoms with Crippen molar-refractivity contribution in [1.29, 1.82) is 0 Å². The number of rotatable bonds is 3. The molecule has 0 spiro atoms. The molecule has 3 aromatic rings. The topological polar surface area (TPSA) is 64.2 Å². The lowest BCUT2D eigenvalue weighted by Gasteiger charge is -2.17. The van der Waals surface area contributed by atoms with Crippen molar-refractivity contribution in [1.82, 2.24) is 14.5 Å². The molecular weight excluding hydrogens is 312 g/mol. The fourth-order valence-electron chi connectivity index (χ4n) is 3.46. The monoisotopic (exact) mass is 332 g/mol. The number of nitrogens with two attached hydrogens (primary N) is 1. The molecule has 1 aromatic heterocycles. The number of aromatic nitrogens is 2. The van der Waals surface area contributed by atoms with Crippen LogP contribution in [0.2, 0.25) is 0 Å². The molecule has 0 radical (unpaired) electrons. The molecule has 1 saturated heterocycles. The average Bonchev–Trinajstić information content (AvgIpc) is 3.29. The number of hydrogen-bond donors (Lipinski definition) is 1. The summed E-state index contributed by atoms with van der Waals surface area (Å²) in [6, 6.07) is 19.9. The fourth-order valence-corrected chi connectivity index (χ4v) is 3.46. The van der Waals surface area contributed by atoms with Crippen molar-refractivity contribution in [3.63, 3.8) is 0 Å². The minimum Gasteiger partial charge on any atom is -0.335 e. The van der Waals surface area contributed by atoms with Crippen LogP contribution in [0.15, 0.2) is 73.2 Å². The van der Waals surface area contributed by atoms with Gasteiger partial charge >= 0.3 is 0 Å². The molecule has 2 aromatic carbocycles. The van der Waals surface area contributed by atoms with Crippen LogP contribution in [-0.2, 0) is 0 Å². The normalized spacial score (nSPS) is 20.0. The standard InChI is InChI=1S/C20H20N4O/c21-18-13-23(12-17(18)15-7-3-1-4-8-15)20(25)19-11-22-14-24(19)16-9-5-2-6-10-16/h1-11,14,17-18H,12-13,21H2/t17-,18+/m0/s1. The summed E-state index contributed by atoms with van der Waals surface area (Å²) in [5.74, 6) is 0.133. The van der Waals surface area contributed by atoms with Crippen molar-refractivity contribution in [3.05, 3.63) is 84.4 Å². The van der Waals surface area contributed by atoms with Gasteiger partial charge in [0.2, 0.25) is 0 Å². The van der Waals surface area contributed by atoms with Gasteiger partial charge in [0.05, 0.1) is 12.5 Å². The van der Waals surface area contributed by atoms with Crippen molar-refractivity contribution in [2.45, 2.75) is 12.0 Å². The van der Waals surface area contributed by atoms with Gasteiger partial charge in [-0.05, 0) is 17.7 Å². The van der Waals surface area contributed by atoms with E-state index >= 15 is 0 Å². The van der Waals surface area contributed by atoms with Gasteiger partial charge in [-0.3, -0.25) is 9.36 Å². The lowest BCUT2D eigenvalue weighted by Crippen LogP contribution is -2.33. The first-order chi connectivity index (χ1) is 12.2. The van der Waals surface area contributed by atoms with E-state index in [1.54, 1.807) is 12.5 Å². The van der Waals surface area contributed by atoms with Crippen molar-refractivity contribution >= 4 is 5.91 Å². The first kappa shape index (κ1) is 15.6. The zero-order valence-electron chi connectivity index (χ0n) is 13.8. The van der Waals surface area contributed by atoms with Crippen LogP contribution in [-0.4, -0.2) is 39.5 Å².